The van der Waals surface area contributed by atoms with Crippen LogP contribution in [0.3, 0.4) is 0 Å². The topological polar surface area (TPSA) is 37.8 Å². The van der Waals surface area contributed by atoms with Crippen LogP contribution in [0.2, 0.25) is 0 Å². The van der Waals surface area contributed by atoms with Gasteiger partial charge in [-0.25, -0.2) is 9.97 Å². The number of benzene rings is 1. The van der Waals surface area contributed by atoms with E-state index in [9.17, 15) is 0 Å². The van der Waals surface area contributed by atoms with Gasteiger partial charge in [-0.3, -0.25) is 0 Å². The lowest BCUT2D eigenvalue weighted by atomic mass is 10.1. The van der Waals surface area contributed by atoms with Crippen molar-refractivity contribution in [1.82, 2.24) is 9.97 Å². The molecule has 0 saturated heterocycles. The van der Waals surface area contributed by atoms with Crippen LogP contribution in [0, 0.1) is 6.92 Å². The molecule has 0 bridgehead atoms. The molecule has 0 saturated carbocycles. The number of aromatic nitrogens is 2. The Hall–Kier alpha value is -0.940. The molecule has 0 atom stereocenters. The van der Waals surface area contributed by atoms with Crippen molar-refractivity contribution in [2.24, 2.45) is 0 Å². The molecule has 2 rings (SSSR count). The molecule has 0 aliphatic carbocycles. The van der Waals surface area contributed by atoms with E-state index in [0.29, 0.717) is 0 Å². The van der Waals surface area contributed by atoms with Crippen LogP contribution in [-0.2, 0) is 6.42 Å². The van der Waals surface area contributed by atoms with Crippen molar-refractivity contribution < 1.29 is 0 Å². The summed E-state index contributed by atoms with van der Waals surface area (Å²) in [7, 11) is 0. The molecule has 0 aliphatic heterocycles. The van der Waals surface area contributed by atoms with E-state index >= 15 is 0 Å². The van der Waals surface area contributed by atoms with Crippen molar-refractivity contribution in [2.45, 2.75) is 27.2 Å². The molecule has 0 unspecified atom stereocenters. The van der Waals surface area contributed by atoms with Gasteiger partial charge in [-0.05, 0) is 53.9 Å². The second kappa shape index (κ2) is 6.68. The quantitative estimate of drug-likeness (QED) is 0.789. The predicted octanol–water partition coefficient (Wildman–Crippen LogP) is 4.97. The molecule has 0 aliphatic rings. The Balaban J connectivity index is 2.55. The molecule has 0 amide bonds. The number of anilines is 1. The highest BCUT2D eigenvalue weighted by atomic mass is 79.9. The number of hydrogen-bond donors (Lipinski definition) is 1. The molecule has 1 aromatic carbocycles. The maximum atomic E-state index is 4.66. The minimum Gasteiger partial charge on any atom is -0.369 e. The fourth-order valence-corrected chi connectivity index (χ4v) is 2.77. The van der Waals surface area contributed by atoms with Gasteiger partial charge in [-0.1, -0.05) is 28.9 Å². The first-order chi connectivity index (χ1) is 9.56. The highest BCUT2D eigenvalue weighted by Crippen LogP contribution is 2.29. The van der Waals surface area contributed by atoms with Gasteiger partial charge in [-0.2, -0.15) is 0 Å². The first-order valence-corrected chi connectivity index (χ1v) is 8.22. The van der Waals surface area contributed by atoms with Gasteiger partial charge >= 0.3 is 0 Å². The molecule has 1 N–H and O–H groups in total. The van der Waals surface area contributed by atoms with Crippen LogP contribution in [-0.4, -0.2) is 16.5 Å². The van der Waals surface area contributed by atoms with E-state index in [1.165, 1.54) is 5.56 Å². The van der Waals surface area contributed by atoms with Gasteiger partial charge in [0, 0.05) is 16.6 Å². The van der Waals surface area contributed by atoms with E-state index in [2.05, 4.69) is 74.0 Å². The van der Waals surface area contributed by atoms with E-state index in [4.69, 9.17) is 0 Å². The Bertz CT molecular complexity index is 627. The van der Waals surface area contributed by atoms with E-state index in [0.717, 1.165) is 44.8 Å². The fraction of sp³-hybridized carbons (Fsp3) is 0.333. The maximum Gasteiger partial charge on any atom is 0.161 e. The number of halogens is 2. The number of rotatable bonds is 4. The number of aryl methyl sites for hydroxylation is 2. The number of nitrogens with one attached hydrogen (secondary N) is 1. The molecular weight excluding hydrogens is 382 g/mol. The van der Waals surface area contributed by atoms with Crippen LogP contribution in [0.15, 0.2) is 27.1 Å². The summed E-state index contributed by atoms with van der Waals surface area (Å²) in [5, 5.41) is 3.28. The Labute approximate surface area is 136 Å². The SMILES string of the molecule is CCNc1nc(-c2ccc(Br)c(C)c2)nc(CC)c1Br. The van der Waals surface area contributed by atoms with Crippen molar-refractivity contribution in [3.8, 4) is 11.4 Å². The molecule has 20 heavy (non-hydrogen) atoms. The minimum absolute atomic E-state index is 0.761. The van der Waals surface area contributed by atoms with Crippen molar-refractivity contribution in [3.05, 3.63) is 38.4 Å². The third-order valence-corrected chi connectivity index (χ3v) is 4.74. The Morgan fingerprint density at radius 2 is 1.90 bits per heavy atom. The van der Waals surface area contributed by atoms with E-state index in [1.807, 2.05) is 12.1 Å². The van der Waals surface area contributed by atoms with E-state index in [-0.39, 0.29) is 0 Å². The summed E-state index contributed by atoms with van der Waals surface area (Å²) >= 11 is 7.10. The molecule has 5 heteroatoms. The zero-order chi connectivity index (χ0) is 14.7. The lowest BCUT2D eigenvalue weighted by Gasteiger charge is -2.12. The Morgan fingerprint density at radius 1 is 1.15 bits per heavy atom. The second-order valence-corrected chi connectivity index (χ2v) is 6.15. The third-order valence-electron chi connectivity index (χ3n) is 3.02. The minimum atomic E-state index is 0.761. The molecule has 3 nitrogen and oxygen atoms in total. The van der Waals surface area contributed by atoms with Crippen LogP contribution in [0.5, 0.6) is 0 Å². The Morgan fingerprint density at radius 3 is 2.50 bits per heavy atom. The van der Waals surface area contributed by atoms with E-state index in [1.54, 1.807) is 0 Å². The largest absolute Gasteiger partial charge is 0.369 e. The molecular formula is C15H17Br2N3. The zero-order valence-electron chi connectivity index (χ0n) is 11.8. The Kier molecular flexibility index (Phi) is 5.16. The molecule has 106 valence electrons. The average molecular weight is 399 g/mol. The van der Waals surface area contributed by atoms with Gasteiger partial charge in [0.1, 0.15) is 5.82 Å². The third kappa shape index (κ3) is 3.20. The first-order valence-electron chi connectivity index (χ1n) is 6.63. The first kappa shape index (κ1) is 15.4. The normalized spacial score (nSPS) is 10.7. The summed E-state index contributed by atoms with van der Waals surface area (Å²) in [6.07, 6.45) is 0.865. The van der Waals surface area contributed by atoms with Gasteiger partial charge in [0.05, 0.1) is 10.2 Å². The van der Waals surface area contributed by atoms with Crippen LogP contribution in [0.4, 0.5) is 5.82 Å². The monoisotopic (exact) mass is 397 g/mol. The lowest BCUT2D eigenvalue weighted by molar-refractivity contribution is 0.984. The molecule has 1 aromatic heterocycles. The molecule has 2 aromatic rings. The maximum absolute atomic E-state index is 4.66. The summed E-state index contributed by atoms with van der Waals surface area (Å²) in [4.78, 5) is 9.29. The van der Waals surface area contributed by atoms with Crippen molar-refractivity contribution in [1.29, 1.82) is 0 Å². The highest BCUT2D eigenvalue weighted by molar-refractivity contribution is 9.11. The summed E-state index contributed by atoms with van der Waals surface area (Å²) in [6, 6.07) is 6.17. The number of hydrogen-bond acceptors (Lipinski definition) is 3. The summed E-state index contributed by atoms with van der Waals surface area (Å²) < 4.78 is 2.06. The average Bonchev–Trinajstić information content (AvgIpc) is 2.44. The van der Waals surface area contributed by atoms with Crippen molar-refractivity contribution >= 4 is 37.7 Å². The van der Waals surface area contributed by atoms with Gasteiger partial charge < -0.3 is 5.32 Å². The summed E-state index contributed by atoms with van der Waals surface area (Å²) in [6.45, 7) is 7.05. The summed E-state index contributed by atoms with van der Waals surface area (Å²) in [5.41, 5.74) is 3.23. The highest BCUT2D eigenvalue weighted by Gasteiger charge is 2.12. The van der Waals surface area contributed by atoms with Crippen molar-refractivity contribution in [3.63, 3.8) is 0 Å². The van der Waals surface area contributed by atoms with E-state index < -0.39 is 0 Å². The molecule has 0 spiro atoms. The molecule has 0 fully saturated rings. The van der Waals surface area contributed by atoms with Crippen LogP contribution in [0.25, 0.3) is 11.4 Å². The smallest absolute Gasteiger partial charge is 0.161 e. The second-order valence-electron chi connectivity index (χ2n) is 4.50. The molecule has 1 heterocycles. The van der Waals surface area contributed by atoms with Crippen LogP contribution < -0.4 is 5.32 Å². The van der Waals surface area contributed by atoms with Gasteiger partial charge in [0.25, 0.3) is 0 Å². The van der Waals surface area contributed by atoms with Gasteiger partial charge in [0.15, 0.2) is 5.82 Å². The van der Waals surface area contributed by atoms with Crippen molar-refractivity contribution in [2.75, 3.05) is 11.9 Å². The van der Waals surface area contributed by atoms with Gasteiger partial charge in [0.2, 0.25) is 0 Å². The fourth-order valence-electron chi connectivity index (χ4n) is 1.93. The number of nitrogens with zero attached hydrogens (tertiary/aromatic N) is 2. The van der Waals surface area contributed by atoms with Crippen LogP contribution >= 0.6 is 31.9 Å². The lowest BCUT2D eigenvalue weighted by Crippen LogP contribution is -2.06. The van der Waals surface area contributed by atoms with Crippen LogP contribution in [0.1, 0.15) is 25.1 Å². The predicted molar refractivity (Wildman–Crippen MR) is 91.1 cm³/mol. The zero-order valence-corrected chi connectivity index (χ0v) is 15.0. The summed E-state index contributed by atoms with van der Waals surface area (Å²) in [5.74, 6) is 1.62. The standard InChI is InChI=1S/C15H17Br2N3/c1-4-12-13(17)15(18-5-2)20-14(19-12)10-6-7-11(16)9(3)8-10/h6-8H,4-5H2,1-3H3,(H,18,19,20). The molecule has 0 radical (unpaired) electrons. The van der Waals surface area contributed by atoms with Gasteiger partial charge in [-0.15, -0.1) is 0 Å².